The molecule has 1 saturated carbocycles. The van der Waals surface area contributed by atoms with E-state index in [-0.39, 0.29) is 47.8 Å². The third kappa shape index (κ3) is 1.66. The number of ketones is 1. The predicted octanol–water partition coefficient (Wildman–Crippen LogP) is 1.14. The summed E-state index contributed by atoms with van der Waals surface area (Å²) in [5.41, 5.74) is 6.28. The molecular formula is C17H16N2O3. The lowest BCUT2D eigenvalue weighted by molar-refractivity contribution is -0.123. The number of rotatable bonds is 3. The number of carbonyl (C=O) groups excluding carboxylic acids is 3. The highest BCUT2D eigenvalue weighted by molar-refractivity contribution is 6.23. The Bertz CT molecular complexity index is 694. The third-order valence-corrected chi connectivity index (χ3v) is 5.08. The van der Waals surface area contributed by atoms with Crippen LogP contribution in [0, 0.1) is 23.7 Å². The predicted molar refractivity (Wildman–Crippen MR) is 80.0 cm³/mol. The molecule has 4 atom stereocenters. The number of carbonyl (C=O) groups is 3. The zero-order valence-electron chi connectivity index (χ0n) is 11.9. The van der Waals surface area contributed by atoms with Gasteiger partial charge in [0.1, 0.15) is 0 Å². The number of anilines is 1. The Kier molecular flexibility index (Phi) is 2.81. The minimum Gasteiger partial charge on any atom is -0.324 e. The highest BCUT2D eigenvalue weighted by Gasteiger charge is 2.59. The number of hydrogen-bond donors (Lipinski definition) is 1. The first-order chi connectivity index (χ1) is 10.6. The Morgan fingerprint density at radius 2 is 1.77 bits per heavy atom. The second kappa shape index (κ2) is 4.61. The molecule has 112 valence electrons. The summed E-state index contributed by atoms with van der Waals surface area (Å²) in [6, 6.07) is 6.61. The molecule has 4 unspecified atom stereocenters. The molecule has 1 aromatic rings. The molecule has 5 nitrogen and oxygen atoms in total. The van der Waals surface area contributed by atoms with Crippen LogP contribution in [0.3, 0.4) is 0 Å². The van der Waals surface area contributed by atoms with Crippen molar-refractivity contribution in [2.45, 2.75) is 6.42 Å². The molecule has 1 aromatic carbocycles. The smallest absolute Gasteiger partial charge is 0.238 e. The van der Waals surface area contributed by atoms with Crippen LogP contribution in [0.2, 0.25) is 0 Å². The van der Waals surface area contributed by atoms with Crippen LogP contribution in [0.4, 0.5) is 5.69 Å². The van der Waals surface area contributed by atoms with Crippen LogP contribution >= 0.6 is 0 Å². The SMILES string of the molecule is NCC(=O)c1cccc(N2C(=O)C3C4C=CC(C4)C3C2=O)c1. The average Bonchev–Trinajstić information content (AvgIpc) is 3.21. The second-order valence-corrected chi connectivity index (χ2v) is 6.19. The Hall–Kier alpha value is -2.27. The monoisotopic (exact) mass is 296 g/mol. The number of nitrogens with two attached hydrogens (primary N) is 1. The fourth-order valence-corrected chi connectivity index (χ4v) is 4.09. The van der Waals surface area contributed by atoms with Gasteiger partial charge in [0.2, 0.25) is 11.8 Å². The number of nitrogens with zero attached hydrogens (tertiary/aromatic N) is 1. The van der Waals surface area contributed by atoms with E-state index in [1.54, 1.807) is 24.3 Å². The minimum atomic E-state index is -0.226. The third-order valence-electron chi connectivity index (χ3n) is 5.08. The van der Waals surface area contributed by atoms with Crippen molar-refractivity contribution in [2.24, 2.45) is 29.4 Å². The van der Waals surface area contributed by atoms with Crippen molar-refractivity contribution in [1.29, 1.82) is 0 Å². The van der Waals surface area contributed by atoms with E-state index in [1.807, 2.05) is 0 Å². The van der Waals surface area contributed by atoms with Crippen molar-refractivity contribution in [1.82, 2.24) is 0 Å². The van der Waals surface area contributed by atoms with Crippen LogP contribution in [0.5, 0.6) is 0 Å². The lowest BCUT2D eigenvalue weighted by Gasteiger charge is -2.17. The quantitative estimate of drug-likeness (QED) is 0.515. The summed E-state index contributed by atoms with van der Waals surface area (Å²) in [6.07, 6.45) is 5.04. The number of hydrogen-bond acceptors (Lipinski definition) is 4. The number of benzene rings is 1. The summed E-state index contributed by atoms with van der Waals surface area (Å²) in [5, 5.41) is 0. The maximum absolute atomic E-state index is 12.7. The normalized spacial score (nSPS) is 32.0. The molecule has 0 aromatic heterocycles. The van der Waals surface area contributed by atoms with Gasteiger partial charge in [-0.1, -0.05) is 24.3 Å². The number of imide groups is 1. The summed E-state index contributed by atoms with van der Waals surface area (Å²) < 4.78 is 0. The van der Waals surface area contributed by atoms with Crippen LogP contribution in [-0.2, 0) is 9.59 Å². The summed E-state index contributed by atoms with van der Waals surface area (Å²) in [4.78, 5) is 38.4. The number of amides is 2. The summed E-state index contributed by atoms with van der Waals surface area (Å²) in [7, 11) is 0. The molecule has 2 N–H and O–H groups in total. The lowest BCUT2D eigenvalue weighted by Crippen LogP contribution is -2.33. The molecule has 1 aliphatic heterocycles. The van der Waals surface area contributed by atoms with E-state index in [2.05, 4.69) is 12.2 Å². The molecule has 2 bridgehead atoms. The van der Waals surface area contributed by atoms with E-state index in [0.717, 1.165) is 6.42 Å². The second-order valence-electron chi connectivity index (χ2n) is 6.19. The Labute approximate surface area is 127 Å². The number of fused-ring (bicyclic) bond motifs is 5. The highest BCUT2D eigenvalue weighted by Crippen LogP contribution is 2.53. The van der Waals surface area contributed by atoms with Gasteiger partial charge in [0.25, 0.3) is 0 Å². The molecular weight excluding hydrogens is 280 g/mol. The van der Waals surface area contributed by atoms with E-state index in [0.29, 0.717) is 11.3 Å². The van der Waals surface area contributed by atoms with Gasteiger partial charge in [0.05, 0.1) is 24.1 Å². The average molecular weight is 296 g/mol. The minimum absolute atomic E-state index is 0.0926. The zero-order valence-corrected chi connectivity index (χ0v) is 11.9. The molecule has 0 radical (unpaired) electrons. The van der Waals surface area contributed by atoms with Gasteiger partial charge in [-0.05, 0) is 30.4 Å². The van der Waals surface area contributed by atoms with E-state index in [4.69, 9.17) is 5.73 Å². The molecule has 1 saturated heterocycles. The van der Waals surface area contributed by atoms with E-state index < -0.39 is 0 Å². The largest absolute Gasteiger partial charge is 0.324 e. The molecule has 1 heterocycles. The molecule has 2 fully saturated rings. The first-order valence-electron chi connectivity index (χ1n) is 7.51. The van der Waals surface area contributed by atoms with Gasteiger partial charge in [-0.2, -0.15) is 0 Å². The topological polar surface area (TPSA) is 80.5 Å². The van der Waals surface area contributed by atoms with Crippen molar-refractivity contribution in [3.8, 4) is 0 Å². The van der Waals surface area contributed by atoms with Gasteiger partial charge in [-0.15, -0.1) is 0 Å². The molecule has 3 aliphatic rings. The van der Waals surface area contributed by atoms with Crippen molar-refractivity contribution in [3.63, 3.8) is 0 Å². The van der Waals surface area contributed by atoms with Crippen LogP contribution in [0.15, 0.2) is 36.4 Å². The van der Waals surface area contributed by atoms with Gasteiger partial charge in [-0.25, -0.2) is 4.90 Å². The Morgan fingerprint density at radius 3 is 2.36 bits per heavy atom. The Balaban J connectivity index is 1.71. The maximum atomic E-state index is 12.7. The van der Waals surface area contributed by atoms with Gasteiger partial charge >= 0.3 is 0 Å². The van der Waals surface area contributed by atoms with Gasteiger partial charge < -0.3 is 5.73 Å². The zero-order chi connectivity index (χ0) is 15.4. The van der Waals surface area contributed by atoms with Gasteiger partial charge in [-0.3, -0.25) is 14.4 Å². The first kappa shape index (κ1) is 13.4. The van der Waals surface area contributed by atoms with Crippen molar-refractivity contribution in [3.05, 3.63) is 42.0 Å². The van der Waals surface area contributed by atoms with Crippen molar-refractivity contribution < 1.29 is 14.4 Å². The lowest BCUT2D eigenvalue weighted by atomic mass is 9.85. The van der Waals surface area contributed by atoms with Crippen LogP contribution in [0.1, 0.15) is 16.8 Å². The number of Topliss-reactive ketones (excluding diaryl/α,β-unsaturated/α-hetero) is 1. The van der Waals surface area contributed by atoms with Crippen LogP contribution in [-0.4, -0.2) is 24.1 Å². The van der Waals surface area contributed by atoms with Gasteiger partial charge in [0, 0.05) is 5.56 Å². The molecule has 5 heteroatoms. The fraction of sp³-hybridized carbons (Fsp3) is 0.353. The molecule has 22 heavy (non-hydrogen) atoms. The summed E-state index contributed by atoms with van der Waals surface area (Å²) in [6.45, 7) is -0.0926. The molecule has 2 aliphatic carbocycles. The molecule has 4 rings (SSSR count). The summed E-state index contributed by atoms with van der Waals surface area (Å²) in [5.74, 6) is -0.556. The highest BCUT2D eigenvalue weighted by atomic mass is 16.2. The molecule has 0 spiro atoms. The van der Waals surface area contributed by atoms with Crippen molar-refractivity contribution >= 4 is 23.3 Å². The summed E-state index contributed by atoms with van der Waals surface area (Å²) >= 11 is 0. The van der Waals surface area contributed by atoms with Crippen molar-refractivity contribution in [2.75, 3.05) is 11.4 Å². The molecule has 2 amide bonds. The van der Waals surface area contributed by atoms with Gasteiger partial charge in [0.15, 0.2) is 5.78 Å². The van der Waals surface area contributed by atoms with E-state index >= 15 is 0 Å². The fourth-order valence-electron chi connectivity index (χ4n) is 4.09. The van der Waals surface area contributed by atoms with Crippen LogP contribution in [0.25, 0.3) is 0 Å². The number of allylic oxidation sites excluding steroid dienone is 2. The maximum Gasteiger partial charge on any atom is 0.238 e. The Morgan fingerprint density at radius 1 is 1.14 bits per heavy atom. The first-order valence-corrected chi connectivity index (χ1v) is 7.51. The van der Waals surface area contributed by atoms with Crippen LogP contribution < -0.4 is 10.6 Å². The standard InChI is InChI=1S/C17H16N2O3/c18-8-13(20)9-2-1-3-12(7-9)19-16(21)14-10-4-5-11(6-10)15(14)17(19)22/h1-5,7,10-11,14-15H,6,8,18H2. The van der Waals surface area contributed by atoms with E-state index in [9.17, 15) is 14.4 Å². The van der Waals surface area contributed by atoms with E-state index in [1.165, 1.54) is 4.90 Å².